The number of tetrazole rings is 1. The van der Waals surface area contributed by atoms with Crippen molar-refractivity contribution in [2.45, 2.75) is 45.3 Å². The minimum atomic E-state index is -0.915. The van der Waals surface area contributed by atoms with Gasteiger partial charge < -0.3 is 10.2 Å². The summed E-state index contributed by atoms with van der Waals surface area (Å²) in [5, 5.41) is 14.4. The zero-order valence-corrected chi connectivity index (χ0v) is 11.5. The standard InChI is InChI=1S/C11H18N6O2/c1-5-7-9(18)17(11(2,3)10(19)12-7)6-8-13-15-16(4)14-8/h7H,5-6H2,1-4H3,(H,12,19). The van der Waals surface area contributed by atoms with Crippen molar-refractivity contribution in [1.82, 2.24) is 30.4 Å². The van der Waals surface area contributed by atoms with Gasteiger partial charge in [0.2, 0.25) is 11.8 Å². The molecule has 19 heavy (non-hydrogen) atoms. The lowest BCUT2D eigenvalue weighted by atomic mass is 9.95. The van der Waals surface area contributed by atoms with E-state index in [1.807, 2.05) is 6.92 Å². The first-order valence-electron chi connectivity index (χ1n) is 6.21. The Hall–Kier alpha value is -1.99. The molecule has 1 N–H and O–H groups in total. The second kappa shape index (κ2) is 4.60. The Morgan fingerprint density at radius 2 is 2.05 bits per heavy atom. The van der Waals surface area contributed by atoms with Gasteiger partial charge >= 0.3 is 0 Å². The van der Waals surface area contributed by atoms with Crippen molar-refractivity contribution in [2.24, 2.45) is 7.05 Å². The van der Waals surface area contributed by atoms with Gasteiger partial charge in [0, 0.05) is 0 Å². The lowest BCUT2D eigenvalue weighted by molar-refractivity contribution is -0.156. The molecule has 1 fully saturated rings. The van der Waals surface area contributed by atoms with E-state index in [-0.39, 0.29) is 18.4 Å². The summed E-state index contributed by atoms with van der Waals surface area (Å²) in [6.45, 7) is 5.47. The Morgan fingerprint density at radius 3 is 2.58 bits per heavy atom. The quantitative estimate of drug-likeness (QED) is 0.775. The van der Waals surface area contributed by atoms with Gasteiger partial charge in [-0.1, -0.05) is 6.92 Å². The van der Waals surface area contributed by atoms with Crippen LogP contribution in [0, 0.1) is 0 Å². The minimum Gasteiger partial charge on any atom is -0.342 e. The highest BCUT2D eigenvalue weighted by molar-refractivity contribution is 5.99. The van der Waals surface area contributed by atoms with Gasteiger partial charge in [0.1, 0.15) is 11.6 Å². The summed E-state index contributed by atoms with van der Waals surface area (Å²) < 4.78 is 0. The number of piperazine rings is 1. The SMILES string of the molecule is CCC1NC(=O)C(C)(C)N(Cc2nnn(C)n2)C1=O. The number of carbonyl (C=O) groups is 2. The summed E-state index contributed by atoms with van der Waals surface area (Å²) >= 11 is 0. The van der Waals surface area contributed by atoms with Gasteiger partial charge in [0.25, 0.3) is 0 Å². The molecule has 1 saturated heterocycles. The van der Waals surface area contributed by atoms with E-state index in [2.05, 4.69) is 20.7 Å². The molecule has 0 aliphatic carbocycles. The smallest absolute Gasteiger partial charge is 0.246 e. The van der Waals surface area contributed by atoms with E-state index in [1.165, 1.54) is 9.70 Å². The molecule has 0 radical (unpaired) electrons. The summed E-state index contributed by atoms with van der Waals surface area (Å²) in [6, 6.07) is -0.475. The topological polar surface area (TPSA) is 93.0 Å². The van der Waals surface area contributed by atoms with Crippen molar-refractivity contribution in [1.29, 1.82) is 0 Å². The van der Waals surface area contributed by atoms with Crippen LogP contribution in [0.4, 0.5) is 0 Å². The fourth-order valence-corrected chi connectivity index (χ4v) is 2.06. The predicted octanol–water partition coefficient (Wildman–Crippen LogP) is -0.774. The fourth-order valence-electron chi connectivity index (χ4n) is 2.06. The number of amides is 2. The zero-order chi connectivity index (χ0) is 14.2. The van der Waals surface area contributed by atoms with Crippen LogP contribution in [-0.4, -0.2) is 48.5 Å². The molecule has 0 aromatic carbocycles. The first-order valence-corrected chi connectivity index (χ1v) is 6.21. The first kappa shape index (κ1) is 13.4. The molecular weight excluding hydrogens is 248 g/mol. The van der Waals surface area contributed by atoms with E-state index in [0.717, 1.165) is 0 Å². The van der Waals surface area contributed by atoms with E-state index < -0.39 is 11.6 Å². The molecule has 1 aromatic rings. The Bertz CT molecular complexity index is 509. The Kier molecular flexibility index (Phi) is 3.25. The van der Waals surface area contributed by atoms with Crippen molar-refractivity contribution < 1.29 is 9.59 Å². The van der Waals surface area contributed by atoms with Gasteiger partial charge in [-0.3, -0.25) is 9.59 Å². The largest absolute Gasteiger partial charge is 0.342 e. The molecule has 2 amide bonds. The maximum Gasteiger partial charge on any atom is 0.246 e. The monoisotopic (exact) mass is 266 g/mol. The summed E-state index contributed by atoms with van der Waals surface area (Å²) in [7, 11) is 1.65. The third-order valence-corrected chi connectivity index (χ3v) is 3.36. The van der Waals surface area contributed by atoms with Crippen LogP contribution >= 0.6 is 0 Å². The summed E-state index contributed by atoms with van der Waals surface area (Å²) in [4.78, 5) is 27.3. The van der Waals surface area contributed by atoms with Gasteiger partial charge in [-0.25, -0.2) is 0 Å². The number of nitrogens with zero attached hydrogens (tertiary/aromatic N) is 5. The van der Waals surface area contributed by atoms with Crippen LogP contribution < -0.4 is 5.32 Å². The van der Waals surface area contributed by atoms with Gasteiger partial charge in [-0.15, -0.1) is 10.2 Å². The summed E-state index contributed by atoms with van der Waals surface area (Å²) in [5.74, 6) is 0.149. The molecule has 1 unspecified atom stereocenters. The molecule has 1 atom stereocenters. The minimum absolute atomic E-state index is 0.112. The lowest BCUT2D eigenvalue weighted by Crippen LogP contribution is -2.67. The maximum absolute atomic E-state index is 12.4. The van der Waals surface area contributed by atoms with E-state index >= 15 is 0 Å². The van der Waals surface area contributed by atoms with Crippen LogP contribution in [0.15, 0.2) is 0 Å². The highest BCUT2D eigenvalue weighted by Gasteiger charge is 2.46. The Labute approximate surface area is 111 Å². The molecule has 0 spiro atoms. The third-order valence-electron chi connectivity index (χ3n) is 3.36. The molecule has 8 heteroatoms. The van der Waals surface area contributed by atoms with Crippen LogP contribution in [0.5, 0.6) is 0 Å². The molecule has 2 heterocycles. The fraction of sp³-hybridized carbons (Fsp3) is 0.727. The Balaban J connectivity index is 2.27. The normalized spacial score (nSPS) is 22.5. The molecule has 1 aliphatic heterocycles. The van der Waals surface area contributed by atoms with E-state index in [0.29, 0.717) is 12.2 Å². The van der Waals surface area contributed by atoms with E-state index in [4.69, 9.17) is 0 Å². The van der Waals surface area contributed by atoms with Crippen LogP contribution in [0.1, 0.15) is 33.0 Å². The van der Waals surface area contributed by atoms with Crippen LogP contribution in [-0.2, 0) is 23.2 Å². The van der Waals surface area contributed by atoms with Gasteiger partial charge in [-0.05, 0) is 25.5 Å². The summed E-state index contributed by atoms with van der Waals surface area (Å²) in [6.07, 6.45) is 0.561. The van der Waals surface area contributed by atoms with Gasteiger partial charge in [0.15, 0.2) is 5.82 Å². The Morgan fingerprint density at radius 1 is 1.37 bits per heavy atom. The molecule has 0 saturated carbocycles. The number of aryl methyl sites for hydroxylation is 1. The molecule has 104 valence electrons. The molecule has 1 aromatic heterocycles. The highest BCUT2D eigenvalue weighted by atomic mass is 16.2. The van der Waals surface area contributed by atoms with Crippen LogP contribution in [0.2, 0.25) is 0 Å². The van der Waals surface area contributed by atoms with Crippen LogP contribution in [0.25, 0.3) is 0 Å². The molecule has 1 aliphatic rings. The molecule has 0 bridgehead atoms. The van der Waals surface area contributed by atoms with Crippen molar-refractivity contribution in [3.05, 3.63) is 5.82 Å². The maximum atomic E-state index is 12.4. The van der Waals surface area contributed by atoms with Gasteiger partial charge in [-0.2, -0.15) is 4.80 Å². The molecule has 2 rings (SSSR count). The van der Waals surface area contributed by atoms with Crippen molar-refractivity contribution in [3.63, 3.8) is 0 Å². The van der Waals surface area contributed by atoms with Crippen LogP contribution in [0.3, 0.4) is 0 Å². The average molecular weight is 266 g/mol. The van der Waals surface area contributed by atoms with Gasteiger partial charge in [0.05, 0.1) is 13.6 Å². The lowest BCUT2D eigenvalue weighted by Gasteiger charge is -2.43. The predicted molar refractivity (Wildman–Crippen MR) is 65.6 cm³/mol. The second-order valence-electron chi connectivity index (χ2n) is 5.11. The average Bonchev–Trinajstić information content (AvgIpc) is 2.75. The highest BCUT2D eigenvalue weighted by Crippen LogP contribution is 2.23. The number of hydrogen-bond donors (Lipinski definition) is 1. The first-order chi connectivity index (χ1) is 8.86. The number of carbonyl (C=O) groups excluding carboxylic acids is 2. The number of aromatic nitrogens is 4. The number of hydrogen-bond acceptors (Lipinski definition) is 5. The van der Waals surface area contributed by atoms with E-state index in [1.54, 1.807) is 20.9 Å². The molecular formula is C11H18N6O2. The van der Waals surface area contributed by atoms with Crippen molar-refractivity contribution in [2.75, 3.05) is 0 Å². The number of nitrogens with one attached hydrogen (secondary N) is 1. The van der Waals surface area contributed by atoms with Crippen molar-refractivity contribution in [3.8, 4) is 0 Å². The van der Waals surface area contributed by atoms with E-state index in [9.17, 15) is 9.59 Å². The second-order valence-corrected chi connectivity index (χ2v) is 5.11. The number of rotatable bonds is 3. The molecule has 8 nitrogen and oxygen atoms in total. The van der Waals surface area contributed by atoms with Crippen molar-refractivity contribution >= 4 is 11.8 Å². The third kappa shape index (κ3) is 2.29. The zero-order valence-electron chi connectivity index (χ0n) is 11.5. The summed E-state index contributed by atoms with van der Waals surface area (Å²) in [5.41, 5.74) is -0.915.